The molecule has 0 amide bonds. The van der Waals surface area contributed by atoms with Crippen LogP contribution in [-0.4, -0.2) is 19.0 Å². The van der Waals surface area contributed by atoms with Crippen LogP contribution in [0.3, 0.4) is 0 Å². The van der Waals surface area contributed by atoms with Gasteiger partial charge in [-0.05, 0) is 43.3 Å². The lowest BCUT2D eigenvalue weighted by Crippen LogP contribution is -2.11. The van der Waals surface area contributed by atoms with Gasteiger partial charge in [-0.1, -0.05) is 17.7 Å². The number of benzene rings is 2. The van der Waals surface area contributed by atoms with E-state index in [2.05, 4.69) is 0 Å². The Morgan fingerprint density at radius 3 is 2.35 bits per heavy atom. The maximum absolute atomic E-state index is 11.9. The van der Waals surface area contributed by atoms with E-state index < -0.39 is 0 Å². The summed E-state index contributed by atoms with van der Waals surface area (Å²) in [4.78, 5) is 11.9. The Kier molecular flexibility index (Phi) is 5.02. The summed E-state index contributed by atoms with van der Waals surface area (Å²) in [5, 5.41) is 0.604. The van der Waals surface area contributed by atoms with Crippen molar-refractivity contribution in [2.45, 2.75) is 6.92 Å². The summed E-state index contributed by atoms with van der Waals surface area (Å²) in [6.45, 7) is 2.49. The van der Waals surface area contributed by atoms with Crippen LogP contribution in [0.1, 0.15) is 17.3 Å². The van der Waals surface area contributed by atoms with Gasteiger partial charge in [-0.15, -0.1) is 0 Å². The van der Waals surface area contributed by atoms with Gasteiger partial charge in [0.05, 0.1) is 6.61 Å². The van der Waals surface area contributed by atoms with Gasteiger partial charge in [0.2, 0.25) is 0 Å². The van der Waals surface area contributed by atoms with Crippen LogP contribution in [0.15, 0.2) is 48.5 Å². The van der Waals surface area contributed by atoms with Crippen LogP contribution in [-0.2, 0) is 0 Å². The van der Waals surface area contributed by atoms with Crippen molar-refractivity contribution in [3.8, 4) is 11.5 Å². The number of hydrogen-bond donors (Lipinski definition) is 0. The molecule has 2 aromatic carbocycles. The monoisotopic (exact) mass is 290 g/mol. The maximum Gasteiger partial charge on any atom is 0.200 e. The zero-order chi connectivity index (χ0) is 14.4. The van der Waals surface area contributed by atoms with Gasteiger partial charge in [0.25, 0.3) is 0 Å². The first-order chi connectivity index (χ1) is 9.69. The standard InChI is InChI=1S/C16H15ClO3/c1-2-19-14-4-3-5-15(10-14)20-11-16(18)12-6-8-13(17)9-7-12/h3-10H,2,11H2,1H3. The Morgan fingerprint density at radius 1 is 1.05 bits per heavy atom. The Bertz CT molecular complexity index is 579. The first kappa shape index (κ1) is 14.4. The average Bonchev–Trinajstić information content (AvgIpc) is 2.46. The minimum Gasteiger partial charge on any atom is -0.494 e. The van der Waals surface area contributed by atoms with Crippen LogP contribution in [0.4, 0.5) is 0 Å². The lowest BCUT2D eigenvalue weighted by atomic mass is 10.1. The predicted molar refractivity (Wildman–Crippen MR) is 78.9 cm³/mol. The van der Waals surface area contributed by atoms with Crippen molar-refractivity contribution in [1.29, 1.82) is 0 Å². The molecule has 0 aliphatic heterocycles. The minimum atomic E-state index is -0.0940. The first-order valence-corrected chi connectivity index (χ1v) is 6.71. The second-order valence-electron chi connectivity index (χ2n) is 4.13. The summed E-state index contributed by atoms with van der Waals surface area (Å²) >= 11 is 5.78. The highest BCUT2D eigenvalue weighted by Gasteiger charge is 2.07. The fourth-order valence-corrected chi connectivity index (χ4v) is 1.81. The van der Waals surface area contributed by atoms with Gasteiger partial charge in [0.1, 0.15) is 11.5 Å². The van der Waals surface area contributed by atoms with E-state index in [1.54, 1.807) is 36.4 Å². The number of Topliss-reactive ketones (excluding diaryl/α,β-unsaturated/α-hetero) is 1. The van der Waals surface area contributed by atoms with E-state index in [-0.39, 0.29) is 12.4 Å². The van der Waals surface area contributed by atoms with Gasteiger partial charge in [0.15, 0.2) is 12.4 Å². The molecule has 0 saturated heterocycles. The number of carbonyl (C=O) groups excluding carboxylic acids is 1. The van der Waals surface area contributed by atoms with Crippen LogP contribution in [0, 0.1) is 0 Å². The van der Waals surface area contributed by atoms with E-state index in [4.69, 9.17) is 21.1 Å². The van der Waals surface area contributed by atoms with E-state index in [9.17, 15) is 4.79 Å². The van der Waals surface area contributed by atoms with Crippen molar-refractivity contribution in [3.63, 3.8) is 0 Å². The van der Waals surface area contributed by atoms with Crippen molar-refractivity contribution in [2.24, 2.45) is 0 Å². The molecule has 0 saturated carbocycles. The Hall–Kier alpha value is -2.00. The molecule has 2 aromatic rings. The molecule has 0 N–H and O–H groups in total. The van der Waals surface area contributed by atoms with Crippen molar-refractivity contribution in [2.75, 3.05) is 13.2 Å². The molecule has 0 spiro atoms. The largest absolute Gasteiger partial charge is 0.494 e. The Morgan fingerprint density at radius 2 is 1.70 bits per heavy atom. The smallest absolute Gasteiger partial charge is 0.200 e. The SMILES string of the molecule is CCOc1cccc(OCC(=O)c2ccc(Cl)cc2)c1. The van der Waals surface area contributed by atoms with Crippen LogP contribution < -0.4 is 9.47 Å². The molecule has 2 rings (SSSR count). The van der Waals surface area contributed by atoms with E-state index in [1.165, 1.54) is 0 Å². The molecule has 0 atom stereocenters. The van der Waals surface area contributed by atoms with Crippen LogP contribution in [0.25, 0.3) is 0 Å². The zero-order valence-corrected chi connectivity index (χ0v) is 11.9. The summed E-state index contributed by atoms with van der Waals surface area (Å²) in [6.07, 6.45) is 0. The molecule has 0 aromatic heterocycles. The molecule has 20 heavy (non-hydrogen) atoms. The number of rotatable bonds is 6. The van der Waals surface area contributed by atoms with Gasteiger partial charge in [0, 0.05) is 16.7 Å². The lowest BCUT2D eigenvalue weighted by molar-refractivity contribution is 0.0921. The quantitative estimate of drug-likeness (QED) is 0.754. The lowest BCUT2D eigenvalue weighted by Gasteiger charge is -2.08. The number of ketones is 1. The minimum absolute atomic E-state index is 0.0167. The van der Waals surface area contributed by atoms with Crippen LogP contribution in [0.2, 0.25) is 5.02 Å². The Balaban J connectivity index is 1.96. The number of ether oxygens (including phenoxy) is 2. The molecule has 0 heterocycles. The summed E-state index contributed by atoms with van der Waals surface area (Å²) < 4.78 is 10.8. The second-order valence-corrected chi connectivity index (χ2v) is 4.56. The van der Waals surface area contributed by atoms with E-state index in [0.717, 1.165) is 5.75 Å². The van der Waals surface area contributed by atoms with Gasteiger partial charge < -0.3 is 9.47 Å². The second kappa shape index (κ2) is 6.96. The topological polar surface area (TPSA) is 35.5 Å². The highest BCUT2D eigenvalue weighted by Crippen LogP contribution is 2.19. The molecule has 0 aliphatic carbocycles. The van der Waals surface area contributed by atoms with E-state index in [0.29, 0.717) is 22.9 Å². The van der Waals surface area contributed by atoms with Gasteiger partial charge in [-0.2, -0.15) is 0 Å². The van der Waals surface area contributed by atoms with E-state index >= 15 is 0 Å². The number of halogens is 1. The third-order valence-corrected chi connectivity index (χ3v) is 2.90. The van der Waals surface area contributed by atoms with Crippen LogP contribution >= 0.6 is 11.6 Å². The maximum atomic E-state index is 11.9. The normalized spacial score (nSPS) is 10.1. The van der Waals surface area contributed by atoms with Crippen molar-refractivity contribution < 1.29 is 14.3 Å². The molecular weight excluding hydrogens is 276 g/mol. The molecule has 0 aliphatic rings. The van der Waals surface area contributed by atoms with Gasteiger partial charge in [-0.3, -0.25) is 4.79 Å². The fourth-order valence-electron chi connectivity index (χ4n) is 1.69. The summed E-state index contributed by atoms with van der Waals surface area (Å²) in [5.41, 5.74) is 0.579. The Labute approximate surface area is 123 Å². The highest BCUT2D eigenvalue weighted by molar-refractivity contribution is 6.30. The molecule has 0 radical (unpaired) electrons. The average molecular weight is 291 g/mol. The van der Waals surface area contributed by atoms with Crippen molar-refractivity contribution >= 4 is 17.4 Å². The van der Waals surface area contributed by atoms with Gasteiger partial charge in [-0.25, -0.2) is 0 Å². The molecule has 0 bridgehead atoms. The molecule has 4 heteroatoms. The molecule has 104 valence electrons. The van der Waals surface area contributed by atoms with E-state index in [1.807, 2.05) is 19.1 Å². The molecular formula is C16H15ClO3. The third kappa shape index (κ3) is 4.00. The van der Waals surface area contributed by atoms with Gasteiger partial charge >= 0.3 is 0 Å². The summed E-state index contributed by atoms with van der Waals surface area (Å²) in [6, 6.07) is 14.0. The predicted octanol–water partition coefficient (Wildman–Crippen LogP) is 4.00. The van der Waals surface area contributed by atoms with Crippen molar-refractivity contribution in [1.82, 2.24) is 0 Å². The molecule has 3 nitrogen and oxygen atoms in total. The third-order valence-electron chi connectivity index (χ3n) is 2.65. The van der Waals surface area contributed by atoms with Crippen molar-refractivity contribution in [3.05, 3.63) is 59.1 Å². The number of carbonyl (C=O) groups is 1. The van der Waals surface area contributed by atoms with Crippen LogP contribution in [0.5, 0.6) is 11.5 Å². The number of hydrogen-bond acceptors (Lipinski definition) is 3. The summed E-state index contributed by atoms with van der Waals surface area (Å²) in [7, 11) is 0. The zero-order valence-electron chi connectivity index (χ0n) is 11.1. The summed E-state index contributed by atoms with van der Waals surface area (Å²) in [5.74, 6) is 1.24. The molecule has 0 unspecified atom stereocenters. The molecule has 0 fully saturated rings. The fraction of sp³-hybridized carbons (Fsp3) is 0.188. The first-order valence-electron chi connectivity index (χ1n) is 6.33. The highest BCUT2D eigenvalue weighted by atomic mass is 35.5.